The zero-order valence-corrected chi connectivity index (χ0v) is 15.7. The molecule has 0 atom stereocenters. The van der Waals surface area contributed by atoms with Gasteiger partial charge in [0.05, 0.1) is 7.11 Å². The summed E-state index contributed by atoms with van der Waals surface area (Å²) in [5, 5.41) is 3.36. The number of benzene rings is 1. The number of rotatable bonds is 5. The van der Waals surface area contributed by atoms with Gasteiger partial charge in [0.15, 0.2) is 11.5 Å². The second-order valence-electron chi connectivity index (χ2n) is 6.18. The molecular formula is C18H27ClN2O4. The van der Waals surface area contributed by atoms with Gasteiger partial charge < -0.3 is 24.4 Å². The normalized spacial score (nSPS) is 16.7. The third-order valence-electron chi connectivity index (χ3n) is 4.55. The highest BCUT2D eigenvalue weighted by Crippen LogP contribution is 2.40. The van der Waals surface area contributed by atoms with Crippen LogP contribution >= 0.6 is 12.4 Å². The lowest BCUT2D eigenvalue weighted by Crippen LogP contribution is -2.46. The molecule has 1 amide bonds. The van der Waals surface area contributed by atoms with Crippen LogP contribution in [0.15, 0.2) is 12.1 Å². The second-order valence-corrected chi connectivity index (χ2v) is 6.18. The maximum Gasteiger partial charge on any atom is 0.254 e. The fourth-order valence-corrected chi connectivity index (χ4v) is 3.37. The van der Waals surface area contributed by atoms with Crippen molar-refractivity contribution in [2.75, 3.05) is 40.0 Å². The molecule has 0 bridgehead atoms. The van der Waals surface area contributed by atoms with Crippen LogP contribution in [0.25, 0.3) is 0 Å². The molecule has 1 fully saturated rings. The van der Waals surface area contributed by atoms with Crippen molar-refractivity contribution in [1.29, 1.82) is 0 Å². The minimum atomic E-state index is 0. The zero-order valence-electron chi connectivity index (χ0n) is 14.9. The van der Waals surface area contributed by atoms with Crippen LogP contribution in [0.4, 0.5) is 0 Å². The molecule has 2 aliphatic rings. The highest BCUT2D eigenvalue weighted by atomic mass is 35.5. The summed E-state index contributed by atoms with van der Waals surface area (Å²) in [7, 11) is 1.58. The highest BCUT2D eigenvalue weighted by Gasteiger charge is 2.28. The van der Waals surface area contributed by atoms with Crippen LogP contribution in [0.1, 0.15) is 36.5 Å². The minimum absolute atomic E-state index is 0. The van der Waals surface area contributed by atoms with E-state index in [4.69, 9.17) is 14.2 Å². The predicted octanol–water partition coefficient (Wildman–Crippen LogP) is 2.49. The van der Waals surface area contributed by atoms with Gasteiger partial charge in [-0.25, -0.2) is 0 Å². The van der Waals surface area contributed by atoms with E-state index in [1.807, 2.05) is 4.90 Å². The second kappa shape index (κ2) is 9.15. The molecule has 2 aliphatic heterocycles. The number of fused-ring (bicyclic) bond motifs is 1. The van der Waals surface area contributed by atoms with Gasteiger partial charge in [0.2, 0.25) is 5.75 Å². The van der Waals surface area contributed by atoms with Gasteiger partial charge in [-0.1, -0.05) is 6.92 Å². The SMILES string of the molecule is CCCN(C(=O)c1cc(OC)c2c(c1)OCCO2)C1CCNCC1.Cl. The molecule has 140 valence electrons. The molecule has 3 rings (SSSR count). The van der Waals surface area contributed by atoms with E-state index in [0.717, 1.165) is 38.9 Å². The van der Waals surface area contributed by atoms with Crippen LogP contribution in [0.3, 0.4) is 0 Å². The molecule has 1 aromatic carbocycles. The summed E-state index contributed by atoms with van der Waals surface area (Å²) >= 11 is 0. The van der Waals surface area contributed by atoms with Crippen molar-refractivity contribution < 1.29 is 19.0 Å². The Kier molecular flexibility index (Phi) is 7.20. The van der Waals surface area contributed by atoms with Crippen LogP contribution in [-0.4, -0.2) is 56.8 Å². The molecule has 7 heteroatoms. The van der Waals surface area contributed by atoms with Gasteiger partial charge in [-0.05, 0) is 44.5 Å². The van der Waals surface area contributed by atoms with Crippen LogP contribution in [0.5, 0.6) is 17.2 Å². The molecular weight excluding hydrogens is 344 g/mol. The molecule has 25 heavy (non-hydrogen) atoms. The van der Waals surface area contributed by atoms with E-state index in [2.05, 4.69) is 12.2 Å². The number of nitrogens with one attached hydrogen (secondary N) is 1. The fourth-order valence-electron chi connectivity index (χ4n) is 3.37. The molecule has 0 radical (unpaired) electrons. The molecule has 1 aromatic rings. The van der Waals surface area contributed by atoms with E-state index in [1.54, 1.807) is 19.2 Å². The van der Waals surface area contributed by atoms with Crippen molar-refractivity contribution in [3.63, 3.8) is 0 Å². The Morgan fingerprint density at radius 2 is 2.00 bits per heavy atom. The average molecular weight is 371 g/mol. The summed E-state index contributed by atoms with van der Waals surface area (Å²) in [4.78, 5) is 15.1. The number of methoxy groups -OCH3 is 1. The Hall–Kier alpha value is -1.66. The highest BCUT2D eigenvalue weighted by molar-refractivity contribution is 5.96. The van der Waals surface area contributed by atoms with Crippen molar-refractivity contribution in [3.8, 4) is 17.2 Å². The Bertz CT molecular complexity index is 573. The van der Waals surface area contributed by atoms with E-state index in [1.165, 1.54) is 0 Å². The standard InChI is InChI=1S/C18H26N2O4.ClH/c1-3-8-20(14-4-6-19-7-5-14)18(21)13-11-15(22-2)17-16(12-13)23-9-10-24-17;/h11-12,14,19H,3-10H2,1-2H3;1H. The lowest BCUT2D eigenvalue weighted by atomic mass is 10.0. The summed E-state index contributed by atoms with van der Waals surface area (Å²) in [6.07, 6.45) is 2.93. The van der Waals surface area contributed by atoms with E-state index >= 15 is 0 Å². The van der Waals surface area contributed by atoms with Crippen LogP contribution in [-0.2, 0) is 0 Å². The lowest BCUT2D eigenvalue weighted by molar-refractivity contribution is 0.0641. The molecule has 6 nitrogen and oxygen atoms in total. The third-order valence-corrected chi connectivity index (χ3v) is 4.55. The van der Waals surface area contributed by atoms with Crippen molar-refractivity contribution in [2.24, 2.45) is 0 Å². The Balaban J connectivity index is 0.00000225. The summed E-state index contributed by atoms with van der Waals surface area (Å²) in [5.41, 5.74) is 0.600. The number of amides is 1. The Morgan fingerprint density at radius 3 is 2.68 bits per heavy atom. The molecule has 0 unspecified atom stereocenters. The van der Waals surface area contributed by atoms with E-state index in [-0.39, 0.29) is 24.4 Å². The van der Waals surface area contributed by atoms with Crippen LogP contribution < -0.4 is 19.5 Å². The van der Waals surface area contributed by atoms with Crippen LogP contribution in [0, 0.1) is 0 Å². The zero-order chi connectivity index (χ0) is 16.9. The number of hydrogen-bond acceptors (Lipinski definition) is 5. The van der Waals surface area contributed by atoms with Crippen molar-refractivity contribution >= 4 is 18.3 Å². The largest absolute Gasteiger partial charge is 0.493 e. The van der Waals surface area contributed by atoms with Gasteiger partial charge in [0, 0.05) is 18.2 Å². The quantitative estimate of drug-likeness (QED) is 0.862. The van der Waals surface area contributed by atoms with Crippen molar-refractivity contribution in [1.82, 2.24) is 10.2 Å². The summed E-state index contributed by atoms with van der Waals surface area (Å²) in [6, 6.07) is 3.83. The molecule has 2 heterocycles. The van der Waals surface area contributed by atoms with Crippen molar-refractivity contribution in [3.05, 3.63) is 17.7 Å². The fraction of sp³-hybridized carbons (Fsp3) is 0.611. The van der Waals surface area contributed by atoms with Crippen LogP contribution in [0.2, 0.25) is 0 Å². The van der Waals surface area contributed by atoms with E-state index in [0.29, 0.717) is 36.0 Å². The first-order chi connectivity index (χ1) is 11.7. The number of ether oxygens (including phenoxy) is 3. The number of carbonyl (C=O) groups excluding carboxylic acids is 1. The van der Waals surface area contributed by atoms with Gasteiger partial charge in [0.25, 0.3) is 5.91 Å². The Morgan fingerprint density at radius 1 is 1.28 bits per heavy atom. The Labute approximate surface area is 155 Å². The van der Waals surface area contributed by atoms with E-state index < -0.39 is 0 Å². The maximum atomic E-state index is 13.1. The topological polar surface area (TPSA) is 60.0 Å². The van der Waals surface area contributed by atoms with Gasteiger partial charge in [0.1, 0.15) is 13.2 Å². The van der Waals surface area contributed by atoms with E-state index in [9.17, 15) is 4.79 Å². The summed E-state index contributed by atoms with van der Waals surface area (Å²) in [6.45, 7) is 5.77. The lowest BCUT2D eigenvalue weighted by Gasteiger charge is -2.35. The summed E-state index contributed by atoms with van der Waals surface area (Å²) in [5.74, 6) is 1.77. The smallest absolute Gasteiger partial charge is 0.254 e. The van der Waals surface area contributed by atoms with Gasteiger partial charge >= 0.3 is 0 Å². The van der Waals surface area contributed by atoms with Gasteiger partial charge in [-0.3, -0.25) is 4.79 Å². The number of carbonyl (C=O) groups is 1. The maximum absolute atomic E-state index is 13.1. The van der Waals surface area contributed by atoms with Gasteiger partial charge in [-0.2, -0.15) is 0 Å². The average Bonchev–Trinajstić information content (AvgIpc) is 2.65. The van der Waals surface area contributed by atoms with Gasteiger partial charge in [-0.15, -0.1) is 12.4 Å². The third kappa shape index (κ3) is 4.30. The summed E-state index contributed by atoms with van der Waals surface area (Å²) < 4.78 is 16.7. The number of piperidine rings is 1. The molecule has 0 aromatic heterocycles. The molecule has 1 N–H and O–H groups in total. The number of nitrogens with zero attached hydrogens (tertiary/aromatic N) is 1. The molecule has 0 spiro atoms. The first kappa shape index (κ1) is 19.7. The first-order valence-corrected chi connectivity index (χ1v) is 8.74. The minimum Gasteiger partial charge on any atom is -0.493 e. The predicted molar refractivity (Wildman–Crippen MR) is 98.5 cm³/mol. The molecule has 1 saturated heterocycles. The first-order valence-electron chi connectivity index (χ1n) is 8.74. The monoisotopic (exact) mass is 370 g/mol. The molecule has 0 saturated carbocycles. The number of halogens is 1. The molecule has 0 aliphatic carbocycles. The number of hydrogen-bond donors (Lipinski definition) is 1. The van der Waals surface area contributed by atoms with Crippen molar-refractivity contribution in [2.45, 2.75) is 32.2 Å².